The Labute approximate surface area is 104 Å². The highest BCUT2D eigenvalue weighted by molar-refractivity contribution is 5.08. The summed E-state index contributed by atoms with van der Waals surface area (Å²) in [5, 5.41) is 0. The SMILES string of the molecule is COC(C1CCCCC1)C(N)C1=CCCCO1. The number of ether oxygens (including phenoxy) is 2. The van der Waals surface area contributed by atoms with Crippen molar-refractivity contribution in [2.75, 3.05) is 13.7 Å². The van der Waals surface area contributed by atoms with Crippen molar-refractivity contribution in [3.63, 3.8) is 0 Å². The zero-order valence-electron chi connectivity index (χ0n) is 10.9. The van der Waals surface area contributed by atoms with E-state index in [9.17, 15) is 0 Å². The van der Waals surface area contributed by atoms with E-state index < -0.39 is 0 Å². The summed E-state index contributed by atoms with van der Waals surface area (Å²) in [6.45, 7) is 0.806. The van der Waals surface area contributed by atoms with Crippen LogP contribution in [0.2, 0.25) is 0 Å². The Morgan fingerprint density at radius 1 is 1.29 bits per heavy atom. The summed E-state index contributed by atoms with van der Waals surface area (Å²) in [6.07, 6.45) is 11.0. The number of nitrogens with two attached hydrogens (primary N) is 1. The van der Waals surface area contributed by atoms with Gasteiger partial charge in [-0.2, -0.15) is 0 Å². The molecule has 0 aromatic heterocycles. The minimum atomic E-state index is -0.0802. The average Bonchev–Trinajstić information content (AvgIpc) is 2.42. The van der Waals surface area contributed by atoms with Crippen LogP contribution >= 0.6 is 0 Å². The van der Waals surface area contributed by atoms with Crippen LogP contribution in [-0.4, -0.2) is 25.9 Å². The van der Waals surface area contributed by atoms with Gasteiger partial charge in [-0.05, 0) is 37.7 Å². The van der Waals surface area contributed by atoms with Crippen molar-refractivity contribution in [1.82, 2.24) is 0 Å². The van der Waals surface area contributed by atoms with Gasteiger partial charge in [0.15, 0.2) is 0 Å². The Morgan fingerprint density at radius 2 is 2.06 bits per heavy atom. The molecule has 3 nitrogen and oxygen atoms in total. The highest BCUT2D eigenvalue weighted by atomic mass is 16.5. The Morgan fingerprint density at radius 3 is 2.65 bits per heavy atom. The van der Waals surface area contributed by atoms with Gasteiger partial charge in [-0.25, -0.2) is 0 Å². The quantitative estimate of drug-likeness (QED) is 0.820. The highest BCUT2D eigenvalue weighted by Gasteiger charge is 2.31. The predicted molar refractivity (Wildman–Crippen MR) is 68.6 cm³/mol. The van der Waals surface area contributed by atoms with E-state index >= 15 is 0 Å². The molecule has 1 aliphatic carbocycles. The average molecular weight is 239 g/mol. The monoisotopic (exact) mass is 239 g/mol. The van der Waals surface area contributed by atoms with Gasteiger partial charge in [0.1, 0.15) is 5.76 Å². The van der Waals surface area contributed by atoms with E-state index in [0.717, 1.165) is 25.2 Å². The summed E-state index contributed by atoms with van der Waals surface area (Å²) in [7, 11) is 1.78. The first-order valence-corrected chi connectivity index (χ1v) is 6.94. The zero-order chi connectivity index (χ0) is 12.1. The van der Waals surface area contributed by atoms with Crippen LogP contribution < -0.4 is 5.73 Å². The fraction of sp³-hybridized carbons (Fsp3) is 0.857. The first kappa shape index (κ1) is 12.9. The van der Waals surface area contributed by atoms with Gasteiger partial charge < -0.3 is 15.2 Å². The van der Waals surface area contributed by atoms with Crippen molar-refractivity contribution in [2.24, 2.45) is 11.7 Å². The lowest BCUT2D eigenvalue weighted by Crippen LogP contribution is -2.44. The van der Waals surface area contributed by atoms with Gasteiger partial charge in [0, 0.05) is 7.11 Å². The smallest absolute Gasteiger partial charge is 0.111 e. The molecule has 0 aromatic carbocycles. The molecule has 0 amide bonds. The molecule has 0 spiro atoms. The number of methoxy groups -OCH3 is 1. The predicted octanol–water partition coefficient (Wildman–Crippen LogP) is 2.60. The molecule has 3 heteroatoms. The van der Waals surface area contributed by atoms with Crippen LogP contribution in [0.25, 0.3) is 0 Å². The van der Waals surface area contributed by atoms with Gasteiger partial charge in [-0.15, -0.1) is 0 Å². The summed E-state index contributed by atoms with van der Waals surface area (Å²) < 4.78 is 11.3. The molecule has 2 rings (SSSR count). The van der Waals surface area contributed by atoms with Crippen LogP contribution in [0, 0.1) is 5.92 Å². The second-order valence-electron chi connectivity index (χ2n) is 5.22. The summed E-state index contributed by atoms with van der Waals surface area (Å²) in [5.74, 6) is 1.56. The molecule has 0 saturated heterocycles. The van der Waals surface area contributed by atoms with E-state index in [1.807, 2.05) is 0 Å². The number of allylic oxidation sites excluding steroid dienone is 1. The molecular formula is C14H25NO2. The van der Waals surface area contributed by atoms with Gasteiger partial charge in [-0.1, -0.05) is 19.3 Å². The summed E-state index contributed by atoms with van der Waals surface area (Å²) in [6, 6.07) is -0.0802. The van der Waals surface area contributed by atoms with Crippen LogP contribution in [0.1, 0.15) is 44.9 Å². The first-order valence-electron chi connectivity index (χ1n) is 6.94. The van der Waals surface area contributed by atoms with E-state index in [4.69, 9.17) is 15.2 Å². The molecule has 2 N–H and O–H groups in total. The van der Waals surface area contributed by atoms with Gasteiger partial charge in [0.2, 0.25) is 0 Å². The van der Waals surface area contributed by atoms with Crippen molar-refractivity contribution in [3.05, 3.63) is 11.8 Å². The van der Waals surface area contributed by atoms with Crippen molar-refractivity contribution in [3.8, 4) is 0 Å². The van der Waals surface area contributed by atoms with Crippen molar-refractivity contribution in [2.45, 2.75) is 57.1 Å². The summed E-state index contributed by atoms with van der Waals surface area (Å²) in [4.78, 5) is 0. The fourth-order valence-corrected chi connectivity index (χ4v) is 3.07. The normalized spacial score (nSPS) is 25.9. The molecule has 2 aliphatic rings. The number of hydrogen-bond acceptors (Lipinski definition) is 3. The maximum Gasteiger partial charge on any atom is 0.111 e. The lowest BCUT2D eigenvalue weighted by Gasteiger charge is -2.34. The molecule has 1 fully saturated rings. The topological polar surface area (TPSA) is 44.5 Å². The van der Waals surface area contributed by atoms with Gasteiger partial charge in [-0.3, -0.25) is 0 Å². The Kier molecular flexibility index (Phi) is 4.86. The van der Waals surface area contributed by atoms with Crippen LogP contribution in [0.4, 0.5) is 0 Å². The third-order valence-electron chi connectivity index (χ3n) is 4.03. The zero-order valence-corrected chi connectivity index (χ0v) is 10.9. The van der Waals surface area contributed by atoms with Gasteiger partial charge in [0.05, 0.1) is 18.8 Å². The molecule has 98 valence electrons. The van der Waals surface area contributed by atoms with Crippen molar-refractivity contribution in [1.29, 1.82) is 0 Å². The molecule has 1 heterocycles. The number of rotatable bonds is 4. The van der Waals surface area contributed by atoms with Crippen molar-refractivity contribution < 1.29 is 9.47 Å². The minimum absolute atomic E-state index is 0.0802. The largest absolute Gasteiger partial charge is 0.496 e. The van der Waals surface area contributed by atoms with Gasteiger partial charge in [0.25, 0.3) is 0 Å². The molecule has 0 radical (unpaired) electrons. The summed E-state index contributed by atoms with van der Waals surface area (Å²) in [5.41, 5.74) is 6.32. The fourth-order valence-electron chi connectivity index (χ4n) is 3.07. The lowest BCUT2D eigenvalue weighted by molar-refractivity contribution is 0.00920. The molecule has 1 aliphatic heterocycles. The number of hydrogen-bond donors (Lipinski definition) is 1. The second kappa shape index (κ2) is 6.41. The maximum absolute atomic E-state index is 6.32. The second-order valence-corrected chi connectivity index (χ2v) is 5.22. The highest BCUT2D eigenvalue weighted by Crippen LogP contribution is 2.31. The van der Waals surface area contributed by atoms with Gasteiger partial charge >= 0.3 is 0 Å². The standard InChI is InChI=1S/C14H25NO2/c1-16-14(11-7-3-2-4-8-11)13(15)12-9-5-6-10-17-12/h9,11,13-14H,2-8,10,15H2,1H3. The molecular weight excluding hydrogens is 214 g/mol. The molecule has 0 aromatic rings. The van der Waals surface area contributed by atoms with E-state index in [0.29, 0.717) is 5.92 Å². The van der Waals surface area contributed by atoms with Crippen LogP contribution in [0.3, 0.4) is 0 Å². The third kappa shape index (κ3) is 3.23. The Balaban J connectivity index is 1.98. The maximum atomic E-state index is 6.32. The molecule has 2 atom stereocenters. The van der Waals surface area contributed by atoms with E-state index in [1.54, 1.807) is 7.11 Å². The van der Waals surface area contributed by atoms with E-state index in [2.05, 4.69) is 6.08 Å². The van der Waals surface area contributed by atoms with Crippen LogP contribution in [0.15, 0.2) is 11.8 Å². The molecule has 2 unspecified atom stereocenters. The van der Waals surface area contributed by atoms with E-state index in [1.165, 1.54) is 32.1 Å². The first-order chi connectivity index (χ1) is 8.33. The van der Waals surface area contributed by atoms with Crippen LogP contribution in [-0.2, 0) is 9.47 Å². The lowest BCUT2D eigenvalue weighted by atomic mass is 9.82. The van der Waals surface area contributed by atoms with Crippen LogP contribution in [0.5, 0.6) is 0 Å². The Bertz CT molecular complexity index is 259. The minimum Gasteiger partial charge on any atom is -0.496 e. The molecule has 17 heavy (non-hydrogen) atoms. The third-order valence-corrected chi connectivity index (χ3v) is 4.03. The van der Waals surface area contributed by atoms with Crippen molar-refractivity contribution >= 4 is 0 Å². The summed E-state index contributed by atoms with van der Waals surface area (Å²) >= 11 is 0. The molecule has 1 saturated carbocycles. The van der Waals surface area contributed by atoms with E-state index in [-0.39, 0.29) is 12.1 Å². The molecule has 0 bridgehead atoms. The Hall–Kier alpha value is -0.540.